The number of carbonyl (C=O) groups excluding carboxylic acids is 1. The highest BCUT2D eigenvalue weighted by molar-refractivity contribution is 7.99. The zero-order valence-corrected chi connectivity index (χ0v) is 10.0. The molecule has 0 amide bonds. The van der Waals surface area contributed by atoms with E-state index in [1.165, 1.54) is 11.8 Å². The van der Waals surface area contributed by atoms with Gasteiger partial charge >= 0.3 is 5.97 Å². The number of ether oxygens (including phenoxy) is 1. The van der Waals surface area contributed by atoms with Gasteiger partial charge in [-0.3, -0.25) is 4.79 Å². The molecule has 0 spiro atoms. The number of anilines is 2. The number of nitrogens with two attached hydrogens (primary N) is 1. The van der Waals surface area contributed by atoms with Crippen molar-refractivity contribution >= 4 is 29.5 Å². The Hall–Kier alpha value is -1.50. The second kappa shape index (κ2) is 6.16. The molecule has 0 saturated heterocycles. The Morgan fingerprint density at radius 2 is 2.38 bits per heavy atom. The Labute approximate surface area is 98.0 Å². The lowest BCUT2D eigenvalue weighted by Gasteiger charge is -2.04. The fourth-order valence-corrected chi connectivity index (χ4v) is 1.68. The third kappa shape index (κ3) is 3.93. The minimum atomic E-state index is -0.268. The van der Waals surface area contributed by atoms with E-state index < -0.39 is 0 Å². The molecule has 0 unspecified atom stereocenters. The molecule has 0 radical (unpaired) electrons. The van der Waals surface area contributed by atoms with Crippen molar-refractivity contribution in [3.05, 3.63) is 6.07 Å². The largest absolute Gasteiger partial charge is 0.465 e. The normalized spacial score (nSPS) is 9.88. The molecule has 0 aliphatic rings. The van der Waals surface area contributed by atoms with Crippen LogP contribution in [0.2, 0.25) is 0 Å². The lowest BCUT2D eigenvalue weighted by Crippen LogP contribution is -2.07. The molecule has 1 aromatic heterocycles. The van der Waals surface area contributed by atoms with Gasteiger partial charge in [-0.05, 0) is 6.92 Å². The molecule has 1 aromatic rings. The smallest absolute Gasteiger partial charge is 0.316 e. The van der Waals surface area contributed by atoms with Crippen molar-refractivity contribution in [2.24, 2.45) is 0 Å². The number of hydrogen-bond donors (Lipinski definition) is 2. The van der Waals surface area contributed by atoms with E-state index in [-0.39, 0.29) is 17.7 Å². The van der Waals surface area contributed by atoms with Crippen LogP contribution < -0.4 is 11.1 Å². The molecule has 16 heavy (non-hydrogen) atoms. The molecular weight excluding hydrogens is 228 g/mol. The summed E-state index contributed by atoms with van der Waals surface area (Å²) >= 11 is 1.27. The van der Waals surface area contributed by atoms with Gasteiger partial charge in [0.2, 0.25) is 5.95 Å². The molecule has 7 heteroatoms. The number of nitrogen functional groups attached to an aromatic ring is 1. The maximum absolute atomic E-state index is 11.1. The Morgan fingerprint density at radius 1 is 1.62 bits per heavy atom. The van der Waals surface area contributed by atoms with Crippen molar-refractivity contribution in [1.82, 2.24) is 9.97 Å². The number of esters is 1. The van der Waals surface area contributed by atoms with Gasteiger partial charge in [0.15, 0.2) is 0 Å². The Balaban J connectivity index is 2.59. The standard InChI is InChI=1S/C9H14N4O2S/c1-3-15-8(14)5-16-7-4-6(11-2)12-9(10)13-7/h4H,3,5H2,1-2H3,(H3,10,11,12,13). The van der Waals surface area contributed by atoms with Crippen LogP contribution in [-0.4, -0.2) is 35.3 Å². The number of thioether (sulfide) groups is 1. The van der Waals surface area contributed by atoms with Crippen molar-refractivity contribution in [2.45, 2.75) is 11.9 Å². The summed E-state index contributed by atoms with van der Waals surface area (Å²) in [5.74, 6) is 0.751. The number of nitrogens with zero attached hydrogens (tertiary/aromatic N) is 2. The third-order valence-corrected chi connectivity index (χ3v) is 2.50. The summed E-state index contributed by atoms with van der Waals surface area (Å²) in [5.41, 5.74) is 5.51. The minimum Gasteiger partial charge on any atom is -0.465 e. The molecule has 1 heterocycles. The van der Waals surface area contributed by atoms with E-state index in [0.717, 1.165) is 0 Å². The molecule has 88 valence electrons. The van der Waals surface area contributed by atoms with Gasteiger partial charge in [0.1, 0.15) is 10.8 Å². The second-order valence-corrected chi connectivity index (χ2v) is 3.79. The SMILES string of the molecule is CCOC(=O)CSc1cc(NC)nc(N)n1. The van der Waals surface area contributed by atoms with Crippen LogP contribution in [0.3, 0.4) is 0 Å². The summed E-state index contributed by atoms with van der Waals surface area (Å²) in [4.78, 5) is 19.1. The highest BCUT2D eigenvalue weighted by Gasteiger charge is 2.06. The number of nitrogens with one attached hydrogen (secondary N) is 1. The lowest BCUT2D eigenvalue weighted by molar-refractivity contribution is -0.139. The summed E-state index contributed by atoms with van der Waals surface area (Å²) < 4.78 is 4.80. The van der Waals surface area contributed by atoms with Crippen molar-refractivity contribution in [3.63, 3.8) is 0 Å². The summed E-state index contributed by atoms with van der Waals surface area (Å²) in [7, 11) is 1.74. The predicted molar refractivity (Wildman–Crippen MR) is 63.3 cm³/mol. The van der Waals surface area contributed by atoms with E-state index in [2.05, 4.69) is 15.3 Å². The average molecular weight is 242 g/mol. The van der Waals surface area contributed by atoms with Gasteiger partial charge in [0.05, 0.1) is 12.4 Å². The molecular formula is C9H14N4O2S. The van der Waals surface area contributed by atoms with Gasteiger partial charge in [-0.2, -0.15) is 4.98 Å². The molecule has 0 saturated carbocycles. The first-order valence-corrected chi connectivity index (χ1v) is 5.75. The molecule has 0 fully saturated rings. The molecule has 1 rings (SSSR count). The molecule has 0 aromatic carbocycles. The van der Waals surface area contributed by atoms with Crippen LogP contribution in [0.4, 0.5) is 11.8 Å². The van der Waals surface area contributed by atoms with Crippen LogP contribution in [0.25, 0.3) is 0 Å². The van der Waals surface area contributed by atoms with Gasteiger partial charge in [0.25, 0.3) is 0 Å². The Kier molecular flexibility index (Phi) is 4.84. The van der Waals surface area contributed by atoms with E-state index in [4.69, 9.17) is 10.5 Å². The van der Waals surface area contributed by atoms with E-state index in [9.17, 15) is 4.79 Å². The molecule has 3 N–H and O–H groups in total. The summed E-state index contributed by atoms with van der Waals surface area (Å²) in [6, 6.07) is 1.72. The fraction of sp³-hybridized carbons (Fsp3) is 0.444. The molecule has 0 atom stereocenters. The van der Waals surface area contributed by atoms with E-state index in [0.29, 0.717) is 17.5 Å². The van der Waals surface area contributed by atoms with E-state index >= 15 is 0 Å². The number of carbonyl (C=O) groups is 1. The van der Waals surface area contributed by atoms with Gasteiger partial charge < -0.3 is 15.8 Å². The zero-order valence-electron chi connectivity index (χ0n) is 9.19. The first-order valence-electron chi connectivity index (χ1n) is 4.76. The summed E-state index contributed by atoms with van der Waals surface area (Å²) in [5, 5.41) is 3.50. The first-order chi connectivity index (χ1) is 7.65. The number of aromatic nitrogens is 2. The molecule has 0 bridgehead atoms. The minimum absolute atomic E-state index is 0.179. The second-order valence-electron chi connectivity index (χ2n) is 2.79. The predicted octanol–water partition coefficient (Wildman–Crippen LogP) is 0.756. The van der Waals surface area contributed by atoms with Crippen LogP contribution in [0.15, 0.2) is 11.1 Å². The maximum atomic E-state index is 11.1. The average Bonchev–Trinajstić information content (AvgIpc) is 2.26. The van der Waals surface area contributed by atoms with Crippen LogP contribution in [0.5, 0.6) is 0 Å². The van der Waals surface area contributed by atoms with Crippen molar-refractivity contribution < 1.29 is 9.53 Å². The number of hydrogen-bond acceptors (Lipinski definition) is 7. The maximum Gasteiger partial charge on any atom is 0.316 e. The van der Waals surface area contributed by atoms with Crippen LogP contribution in [0, 0.1) is 0 Å². The quantitative estimate of drug-likeness (QED) is 0.447. The van der Waals surface area contributed by atoms with Gasteiger partial charge in [-0.25, -0.2) is 4.98 Å². The lowest BCUT2D eigenvalue weighted by atomic mass is 10.6. The summed E-state index contributed by atoms with van der Waals surface area (Å²) in [6.07, 6.45) is 0. The number of rotatable bonds is 5. The summed E-state index contributed by atoms with van der Waals surface area (Å²) in [6.45, 7) is 2.15. The molecule has 0 aliphatic carbocycles. The van der Waals surface area contributed by atoms with Gasteiger partial charge in [-0.1, -0.05) is 11.8 Å². The third-order valence-electron chi connectivity index (χ3n) is 1.62. The highest BCUT2D eigenvalue weighted by atomic mass is 32.2. The monoisotopic (exact) mass is 242 g/mol. The Morgan fingerprint density at radius 3 is 3.00 bits per heavy atom. The van der Waals surface area contributed by atoms with Crippen molar-refractivity contribution in [3.8, 4) is 0 Å². The van der Waals surface area contributed by atoms with Crippen LogP contribution in [0.1, 0.15) is 6.92 Å². The Bertz CT molecular complexity index is 373. The van der Waals surface area contributed by atoms with E-state index in [1.807, 2.05) is 0 Å². The highest BCUT2D eigenvalue weighted by Crippen LogP contribution is 2.19. The fourth-order valence-electron chi connectivity index (χ4n) is 0.980. The van der Waals surface area contributed by atoms with Gasteiger partial charge in [0, 0.05) is 13.1 Å². The molecule has 0 aliphatic heterocycles. The van der Waals surface area contributed by atoms with E-state index in [1.54, 1.807) is 20.0 Å². The molecule has 6 nitrogen and oxygen atoms in total. The van der Waals surface area contributed by atoms with Crippen molar-refractivity contribution in [2.75, 3.05) is 30.5 Å². The first kappa shape index (κ1) is 12.6. The van der Waals surface area contributed by atoms with Crippen molar-refractivity contribution in [1.29, 1.82) is 0 Å². The topological polar surface area (TPSA) is 90.1 Å². The van der Waals surface area contributed by atoms with Gasteiger partial charge in [-0.15, -0.1) is 0 Å². The van der Waals surface area contributed by atoms with Crippen LogP contribution in [-0.2, 0) is 9.53 Å². The van der Waals surface area contributed by atoms with Crippen LogP contribution >= 0.6 is 11.8 Å². The zero-order chi connectivity index (χ0) is 12.0.